The molecule has 1 saturated heterocycles. The van der Waals surface area contributed by atoms with Gasteiger partial charge in [0.05, 0.1) is 0 Å². The fraction of sp³-hybridized carbons (Fsp3) is 0.684. The lowest BCUT2D eigenvalue weighted by molar-refractivity contribution is 0.298. The van der Waals surface area contributed by atoms with Crippen LogP contribution in [0.1, 0.15) is 56.7 Å². The fourth-order valence-electron chi connectivity index (χ4n) is 3.42. The molecular formula is C19H32N2. The lowest BCUT2D eigenvalue weighted by Crippen LogP contribution is -2.29. The summed E-state index contributed by atoms with van der Waals surface area (Å²) in [7, 11) is 0. The van der Waals surface area contributed by atoms with Crippen molar-refractivity contribution in [3.05, 3.63) is 35.4 Å². The summed E-state index contributed by atoms with van der Waals surface area (Å²) in [5, 5.41) is 3.75. The molecule has 1 N–H and O–H groups in total. The number of hydrogen-bond acceptors (Lipinski definition) is 2. The Morgan fingerprint density at radius 1 is 1.29 bits per heavy atom. The number of rotatable bonds is 8. The summed E-state index contributed by atoms with van der Waals surface area (Å²) >= 11 is 0. The molecule has 0 radical (unpaired) electrons. The van der Waals surface area contributed by atoms with E-state index >= 15 is 0 Å². The molecule has 2 unspecified atom stereocenters. The van der Waals surface area contributed by atoms with Gasteiger partial charge in [0.2, 0.25) is 0 Å². The Labute approximate surface area is 130 Å². The average Bonchev–Trinajstić information content (AvgIpc) is 2.96. The van der Waals surface area contributed by atoms with Gasteiger partial charge in [0.25, 0.3) is 0 Å². The normalized spacial score (nSPS) is 20.8. The van der Waals surface area contributed by atoms with Gasteiger partial charge in [0.15, 0.2) is 0 Å². The second kappa shape index (κ2) is 8.55. The van der Waals surface area contributed by atoms with Crippen molar-refractivity contribution < 1.29 is 0 Å². The van der Waals surface area contributed by atoms with Crippen LogP contribution in [0.3, 0.4) is 0 Å². The van der Waals surface area contributed by atoms with E-state index in [9.17, 15) is 0 Å². The van der Waals surface area contributed by atoms with Gasteiger partial charge in [-0.2, -0.15) is 0 Å². The first kappa shape index (κ1) is 16.5. The molecule has 0 bridgehead atoms. The van der Waals surface area contributed by atoms with E-state index in [2.05, 4.69) is 55.3 Å². The zero-order valence-electron chi connectivity index (χ0n) is 14.1. The molecule has 2 nitrogen and oxygen atoms in total. The highest BCUT2D eigenvalue weighted by molar-refractivity contribution is 5.28. The van der Waals surface area contributed by atoms with E-state index < -0.39 is 0 Å². The summed E-state index contributed by atoms with van der Waals surface area (Å²) in [6, 6.07) is 9.35. The van der Waals surface area contributed by atoms with Crippen LogP contribution >= 0.6 is 0 Å². The van der Waals surface area contributed by atoms with E-state index in [1.165, 1.54) is 56.4 Å². The molecule has 118 valence electrons. The minimum Gasteiger partial charge on any atom is -0.310 e. The minimum absolute atomic E-state index is 0.506. The third kappa shape index (κ3) is 4.82. The number of likely N-dealkylation sites (tertiary alicyclic amines) is 1. The fourth-order valence-corrected chi connectivity index (χ4v) is 3.42. The first-order valence-corrected chi connectivity index (χ1v) is 8.75. The van der Waals surface area contributed by atoms with Crippen LogP contribution in [-0.2, 0) is 0 Å². The van der Waals surface area contributed by atoms with E-state index in [1.54, 1.807) is 0 Å². The second-order valence-electron chi connectivity index (χ2n) is 6.52. The lowest BCUT2D eigenvalue weighted by Gasteiger charge is -2.24. The van der Waals surface area contributed by atoms with E-state index in [0.29, 0.717) is 6.04 Å². The molecule has 1 aromatic rings. The maximum absolute atomic E-state index is 3.75. The molecule has 2 rings (SSSR count). The molecule has 1 fully saturated rings. The predicted molar refractivity (Wildman–Crippen MR) is 91.7 cm³/mol. The Morgan fingerprint density at radius 2 is 2.10 bits per heavy atom. The van der Waals surface area contributed by atoms with Gasteiger partial charge in [0.1, 0.15) is 0 Å². The average molecular weight is 288 g/mol. The minimum atomic E-state index is 0.506. The SMILES string of the molecule is CCCNC(CCN1CCC(CC)C1)c1ccccc1C. The summed E-state index contributed by atoms with van der Waals surface area (Å²) in [4.78, 5) is 2.66. The van der Waals surface area contributed by atoms with Crippen molar-refractivity contribution in [2.24, 2.45) is 5.92 Å². The summed E-state index contributed by atoms with van der Waals surface area (Å²) < 4.78 is 0. The smallest absolute Gasteiger partial charge is 0.0335 e. The van der Waals surface area contributed by atoms with E-state index in [1.807, 2.05) is 0 Å². The van der Waals surface area contributed by atoms with Gasteiger partial charge in [-0.05, 0) is 62.9 Å². The Hall–Kier alpha value is -0.860. The van der Waals surface area contributed by atoms with E-state index in [-0.39, 0.29) is 0 Å². The van der Waals surface area contributed by atoms with Crippen molar-refractivity contribution >= 4 is 0 Å². The van der Waals surface area contributed by atoms with Crippen LogP contribution in [0.5, 0.6) is 0 Å². The van der Waals surface area contributed by atoms with Crippen molar-refractivity contribution in [1.29, 1.82) is 0 Å². The monoisotopic (exact) mass is 288 g/mol. The molecule has 2 heteroatoms. The Bertz CT molecular complexity index is 416. The van der Waals surface area contributed by atoms with Crippen molar-refractivity contribution in [2.75, 3.05) is 26.2 Å². The number of hydrogen-bond donors (Lipinski definition) is 1. The topological polar surface area (TPSA) is 15.3 Å². The number of benzene rings is 1. The van der Waals surface area contributed by atoms with Gasteiger partial charge in [0, 0.05) is 12.6 Å². The highest BCUT2D eigenvalue weighted by Gasteiger charge is 2.22. The van der Waals surface area contributed by atoms with Gasteiger partial charge in [-0.15, -0.1) is 0 Å². The maximum atomic E-state index is 3.75. The van der Waals surface area contributed by atoms with Crippen LogP contribution in [0.2, 0.25) is 0 Å². The third-order valence-electron chi connectivity index (χ3n) is 4.89. The first-order valence-electron chi connectivity index (χ1n) is 8.75. The van der Waals surface area contributed by atoms with Gasteiger partial charge >= 0.3 is 0 Å². The van der Waals surface area contributed by atoms with E-state index in [0.717, 1.165) is 12.5 Å². The first-order chi connectivity index (χ1) is 10.2. The Morgan fingerprint density at radius 3 is 2.76 bits per heavy atom. The van der Waals surface area contributed by atoms with Gasteiger partial charge < -0.3 is 10.2 Å². The quantitative estimate of drug-likeness (QED) is 0.773. The molecule has 1 heterocycles. The molecule has 0 amide bonds. The Balaban J connectivity index is 1.92. The maximum Gasteiger partial charge on any atom is 0.0335 e. The molecule has 2 atom stereocenters. The molecule has 0 aromatic heterocycles. The summed E-state index contributed by atoms with van der Waals surface area (Å²) in [6.45, 7) is 11.8. The molecule has 1 aliphatic rings. The summed E-state index contributed by atoms with van der Waals surface area (Å²) in [5.74, 6) is 0.936. The molecule has 21 heavy (non-hydrogen) atoms. The highest BCUT2D eigenvalue weighted by atomic mass is 15.1. The van der Waals surface area contributed by atoms with Crippen LogP contribution in [-0.4, -0.2) is 31.1 Å². The van der Waals surface area contributed by atoms with Crippen LogP contribution in [0, 0.1) is 12.8 Å². The number of nitrogens with zero attached hydrogens (tertiary/aromatic N) is 1. The highest BCUT2D eigenvalue weighted by Crippen LogP contribution is 2.24. The van der Waals surface area contributed by atoms with Crippen LogP contribution < -0.4 is 5.32 Å². The second-order valence-corrected chi connectivity index (χ2v) is 6.52. The standard InChI is InChI=1S/C19H32N2/c1-4-12-20-19(18-9-7-6-8-16(18)3)11-14-21-13-10-17(5-2)15-21/h6-9,17,19-20H,4-5,10-15H2,1-3H3. The largest absolute Gasteiger partial charge is 0.310 e. The van der Waals surface area contributed by atoms with Crippen LogP contribution in [0.4, 0.5) is 0 Å². The van der Waals surface area contributed by atoms with Crippen LogP contribution in [0.15, 0.2) is 24.3 Å². The molecule has 0 saturated carbocycles. The van der Waals surface area contributed by atoms with Crippen molar-refractivity contribution in [3.8, 4) is 0 Å². The third-order valence-corrected chi connectivity index (χ3v) is 4.89. The van der Waals surface area contributed by atoms with Gasteiger partial charge in [-0.3, -0.25) is 0 Å². The molecule has 0 aliphatic carbocycles. The van der Waals surface area contributed by atoms with Crippen molar-refractivity contribution in [3.63, 3.8) is 0 Å². The number of aryl methyl sites for hydroxylation is 1. The number of nitrogens with one attached hydrogen (secondary N) is 1. The molecular weight excluding hydrogens is 256 g/mol. The predicted octanol–water partition coefficient (Wildman–Crippen LogP) is 4.16. The van der Waals surface area contributed by atoms with Gasteiger partial charge in [-0.25, -0.2) is 0 Å². The zero-order chi connectivity index (χ0) is 15.1. The van der Waals surface area contributed by atoms with Gasteiger partial charge in [-0.1, -0.05) is 44.5 Å². The zero-order valence-corrected chi connectivity index (χ0v) is 14.1. The molecule has 1 aliphatic heterocycles. The van der Waals surface area contributed by atoms with Crippen LogP contribution in [0.25, 0.3) is 0 Å². The molecule has 1 aromatic carbocycles. The Kier molecular flexibility index (Phi) is 6.72. The van der Waals surface area contributed by atoms with Crippen molar-refractivity contribution in [1.82, 2.24) is 10.2 Å². The molecule has 0 spiro atoms. The van der Waals surface area contributed by atoms with Crippen molar-refractivity contribution in [2.45, 2.75) is 52.5 Å². The lowest BCUT2D eigenvalue weighted by atomic mass is 9.98. The summed E-state index contributed by atoms with van der Waals surface area (Å²) in [6.07, 6.45) is 5.16. The van der Waals surface area contributed by atoms with E-state index in [4.69, 9.17) is 0 Å². The summed E-state index contributed by atoms with van der Waals surface area (Å²) in [5.41, 5.74) is 2.90.